The Morgan fingerprint density at radius 2 is 1.24 bits per heavy atom. The fraction of sp³-hybridized carbons (Fsp3) is 0.308. The van der Waals surface area contributed by atoms with Crippen LogP contribution in [-0.4, -0.2) is 14.5 Å². The largest absolute Gasteiger partial charge is 0.375 e. The lowest BCUT2D eigenvalue weighted by molar-refractivity contribution is 0.571. The molecule has 3 aromatic heterocycles. The van der Waals surface area contributed by atoms with Gasteiger partial charge in [0.15, 0.2) is 10.3 Å². The first-order valence-electron chi connectivity index (χ1n) is 11.6. The standard InChI is InChI=1S/C26H29N5S2/c1-2-3-4-5-6-7-12-31-23-10-8-17(21-15-32-25(27)29-21)13-19(23)20-14-18(9-11-24(20)31)22-16-33-26(28)30-22/h8-11,13-16H,2-7,12H2,1H3,(H2,27,29)(H2,28,30). The van der Waals surface area contributed by atoms with Gasteiger partial charge in [-0.25, -0.2) is 9.97 Å². The molecule has 33 heavy (non-hydrogen) atoms. The number of anilines is 2. The predicted molar refractivity (Wildman–Crippen MR) is 144 cm³/mol. The molecule has 0 radical (unpaired) electrons. The van der Waals surface area contributed by atoms with E-state index in [1.54, 1.807) is 0 Å². The van der Waals surface area contributed by atoms with E-state index < -0.39 is 0 Å². The molecule has 5 aromatic rings. The van der Waals surface area contributed by atoms with E-state index in [4.69, 9.17) is 11.5 Å². The molecule has 0 unspecified atom stereocenters. The number of aromatic nitrogens is 3. The molecule has 2 aromatic carbocycles. The van der Waals surface area contributed by atoms with E-state index in [1.807, 2.05) is 10.8 Å². The molecule has 0 bridgehead atoms. The van der Waals surface area contributed by atoms with Gasteiger partial charge < -0.3 is 16.0 Å². The summed E-state index contributed by atoms with van der Waals surface area (Å²) in [4.78, 5) is 8.99. The topological polar surface area (TPSA) is 82.8 Å². The first-order chi connectivity index (χ1) is 16.1. The summed E-state index contributed by atoms with van der Waals surface area (Å²) in [6.45, 7) is 3.29. The van der Waals surface area contributed by atoms with Crippen LogP contribution in [0.1, 0.15) is 45.4 Å². The fourth-order valence-corrected chi connectivity index (χ4v) is 5.70. The number of hydrogen-bond acceptors (Lipinski definition) is 6. The maximum atomic E-state index is 5.89. The monoisotopic (exact) mass is 475 g/mol. The average Bonchev–Trinajstić information content (AvgIpc) is 3.53. The van der Waals surface area contributed by atoms with Crippen molar-refractivity contribution >= 4 is 54.7 Å². The summed E-state index contributed by atoms with van der Waals surface area (Å²) in [6, 6.07) is 13.3. The number of unbranched alkanes of at least 4 members (excludes halogenated alkanes) is 5. The van der Waals surface area contributed by atoms with Crippen molar-refractivity contribution in [1.29, 1.82) is 0 Å². The van der Waals surface area contributed by atoms with Crippen molar-refractivity contribution in [3.63, 3.8) is 0 Å². The SMILES string of the molecule is CCCCCCCCn1c2ccc(-c3csc(N)n3)cc2c2cc(-c3csc(N)n3)ccc21. The van der Waals surface area contributed by atoms with E-state index in [1.165, 1.54) is 83.0 Å². The Bertz CT molecular complexity index is 1300. The third kappa shape index (κ3) is 4.48. The van der Waals surface area contributed by atoms with Gasteiger partial charge in [0.1, 0.15) is 0 Å². The van der Waals surface area contributed by atoms with Crippen molar-refractivity contribution < 1.29 is 0 Å². The molecule has 0 saturated heterocycles. The molecule has 0 aliphatic heterocycles. The molecule has 7 heteroatoms. The Morgan fingerprint density at radius 1 is 0.727 bits per heavy atom. The second-order valence-corrected chi connectivity index (χ2v) is 10.3. The number of nitrogen functional groups attached to an aromatic ring is 2. The van der Waals surface area contributed by atoms with Crippen molar-refractivity contribution in [2.75, 3.05) is 11.5 Å². The predicted octanol–water partition coefficient (Wildman–Crippen LogP) is 7.57. The van der Waals surface area contributed by atoms with Crippen LogP contribution in [0.5, 0.6) is 0 Å². The summed E-state index contributed by atoms with van der Waals surface area (Å²) in [6.07, 6.45) is 7.74. The van der Waals surface area contributed by atoms with Crippen LogP contribution in [0.15, 0.2) is 47.2 Å². The van der Waals surface area contributed by atoms with Gasteiger partial charge in [-0.1, -0.05) is 51.2 Å². The Labute approximate surface area is 202 Å². The van der Waals surface area contributed by atoms with Crippen LogP contribution in [0, 0.1) is 0 Å². The van der Waals surface area contributed by atoms with E-state index in [0.717, 1.165) is 29.1 Å². The second kappa shape index (κ2) is 9.53. The van der Waals surface area contributed by atoms with Gasteiger partial charge in [0.25, 0.3) is 0 Å². The Balaban J connectivity index is 1.57. The van der Waals surface area contributed by atoms with E-state index in [9.17, 15) is 0 Å². The smallest absolute Gasteiger partial charge is 0.180 e. The van der Waals surface area contributed by atoms with E-state index in [2.05, 4.69) is 57.9 Å². The highest BCUT2D eigenvalue weighted by atomic mass is 32.1. The fourth-order valence-electron chi connectivity index (χ4n) is 4.55. The summed E-state index contributed by atoms with van der Waals surface area (Å²) >= 11 is 2.95. The molecular formula is C26H29N5S2. The van der Waals surface area contributed by atoms with Crippen molar-refractivity contribution in [2.45, 2.75) is 52.0 Å². The second-order valence-electron chi connectivity index (χ2n) is 8.53. The molecule has 0 fully saturated rings. The number of nitrogens with zero attached hydrogens (tertiary/aromatic N) is 3. The summed E-state index contributed by atoms with van der Waals surface area (Å²) in [5.41, 5.74) is 18.4. The normalized spacial score (nSPS) is 11.7. The molecule has 0 spiro atoms. The molecule has 170 valence electrons. The molecule has 0 aliphatic carbocycles. The first kappa shape index (κ1) is 21.9. The highest BCUT2D eigenvalue weighted by molar-refractivity contribution is 7.14. The van der Waals surface area contributed by atoms with Gasteiger partial charge in [0, 0.05) is 50.2 Å². The molecule has 0 saturated carbocycles. The van der Waals surface area contributed by atoms with Crippen LogP contribution in [0.4, 0.5) is 10.3 Å². The van der Waals surface area contributed by atoms with Gasteiger partial charge >= 0.3 is 0 Å². The molecule has 0 aliphatic rings. The molecule has 3 heterocycles. The van der Waals surface area contributed by atoms with Gasteiger partial charge in [-0.15, -0.1) is 22.7 Å². The third-order valence-corrected chi connectivity index (χ3v) is 7.58. The Hall–Kier alpha value is -2.90. The third-order valence-electron chi connectivity index (χ3n) is 6.24. The number of benzene rings is 2. The molecule has 0 atom stereocenters. The number of hydrogen-bond donors (Lipinski definition) is 2. The minimum absolute atomic E-state index is 0.596. The van der Waals surface area contributed by atoms with Crippen LogP contribution >= 0.6 is 22.7 Å². The lowest BCUT2D eigenvalue weighted by atomic mass is 10.1. The summed E-state index contributed by atoms with van der Waals surface area (Å²) in [5.74, 6) is 0. The maximum Gasteiger partial charge on any atom is 0.180 e. The van der Waals surface area contributed by atoms with Crippen LogP contribution in [-0.2, 0) is 6.54 Å². The first-order valence-corrected chi connectivity index (χ1v) is 13.4. The van der Waals surface area contributed by atoms with E-state index in [0.29, 0.717) is 10.3 Å². The number of aryl methyl sites for hydroxylation is 1. The highest BCUT2D eigenvalue weighted by Gasteiger charge is 2.14. The van der Waals surface area contributed by atoms with Gasteiger partial charge in [-0.05, 0) is 30.7 Å². The lowest BCUT2D eigenvalue weighted by Gasteiger charge is -2.08. The minimum Gasteiger partial charge on any atom is -0.375 e. The van der Waals surface area contributed by atoms with Gasteiger partial charge in [0.2, 0.25) is 0 Å². The summed E-state index contributed by atoms with van der Waals surface area (Å²) < 4.78 is 2.48. The number of rotatable bonds is 9. The molecule has 0 amide bonds. The molecular weight excluding hydrogens is 446 g/mol. The molecule has 5 rings (SSSR count). The van der Waals surface area contributed by atoms with Crippen LogP contribution in [0.25, 0.3) is 44.3 Å². The minimum atomic E-state index is 0.596. The zero-order valence-corrected chi connectivity index (χ0v) is 20.5. The van der Waals surface area contributed by atoms with Crippen LogP contribution in [0.2, 0.25) is 0 Å². The molecule has 5 nitrogen and oxygen atoms in total. The quantitative estimate of drug-likeness (QED) is 0.215. The molecule has 4 N–H and O–H groups in total. The summed E-state index contributed by atoms with van der Waals surface area (Å²) in [7, 11) is 0. The summed E-state index contributed by atoms with van der Waals surface area (Å²) in [5, 5.41) is 7.72. The lowest BCUT2D eigenvalue weighted by Crippen LogP contribution is -1.98. The van der Waals surface area contributed by atoms with Crippen LogP contribution < -0.4 is 11.5 Å². The zero-order chi connectivity index (χ0) is 22.8. The van der Waals surface area contributed by atoms with Gasteiger partial charge in [0.05, 0.1) is 11.4 Å². The van der Waals surface area contributed by atoms with Crippen molar-refractivity contribution in [2.24, 2.45) is 0 Å². The van der Waals surface area contributed by atoms with E-state index in [-0.39, 0.29) is 0 Å². The highest BCUT2D eigenvalue weighted by Crippen LogP contribution is 2.36. The van der Waals surface area contributed by atoms with Crippen molar-refractivity contribution in [3.8, 4) is 22.5 Å². The maximum absolute atomic E-state index is 5.89. The van der Waals surface area contributed by atoms with Gasteiger partial charge in [-0.3, -0.25) is 0 Å². The van der Waals surface area contributed by atoms with Crippen molar-refractivity contribution in [1.82, 2.24) is 14.5 Å². The number of fused-ring (bicyclic) bond motifs is 3. The average molecular weight is 476 g/mol. The van der Waals surface area contributed by atoms with Crippen LogP contribution in [0.3, 0.4) is 0 Å². The zero-order valence-electron chi connectivity index (χ0n) is 18.9. The Morgan fingerprint density at radius 3 is 1.73 bits per heavy atom. The van der Waals surface area contributed by atoms with Crippen molar-refractivity contribution in [3.05, 3.63) is 47.2 Å². The van der Waals surface area contributed by atoms with Gasteiger partial charge in [-0.2, -0.15) is 0 Å². The van der Waals surface area contributed by atoms with E-state index >= 15 is 0 Å². The number of nitrogens with two attached hydrogens (primary N) is 2. The number of thiazole rings is 2. The Kier molecular flexibility index (Phi) is 6.33.